The van der Waals surface area contributed by atoms with Crippen LogP contribution in [0.3, 0.4) is 0 Å². The number of anilines is 1. The molecule has 0 saturated carbocycles. The van der Waals surface area contributed by atoms with Gasteiger partial charge >= 0.3 is 5.97 Å². The lowest BCUT2D eigenvalue weighted by molar-refractivity contribution is -0.147. The highest BCUT2D eigenvalue weighted by Gasteiger charge is 2.65. The van der Waals surface area contributed by atoms with Crippen molar-refractivity contribution in [2.24, 2.45) is 5.92 Å². The number of ether oxygens (including phenoxy) is 2. The Balaban J connectivity index is 1.87. The molecule has 172 valence electrons. The van der Waals surface area contributed by atoms with E-state index < -0.39 is 34.7 Å². The zero-order valence-electron chi connectivity index (χ0n) is 19.0. The first-order valence-corrected chi connectivity index (χ1v) is 10.8. The van der Waals surface area contributed by atoms with Gasteiger partial charge in [-0.25, -0.2) is 0 Å². The monoisotopic (exact) mass is 457 g/mol. The van der Waals surface area contributed by atoms with E-state index in [-0.39, 0.29) is 17.9 Å². The third-order valence-electron chi connectivity index (χ3n) is 6.73. The van der Waals surface area contributed by atoms with E-state index in [1.54, 1.807) is 48.9 Å². The highest BCUT2D eigenvalue weighted by molar-refractivity contribution is 6.18. The molecule has 1 spiro atoms. The SMILES string of the molecule is COC(=O)C1C(=N)Oc2cc(C)n(Cc3ccccc3)c(=O)c2C12C(=O)N(C)c1ccccc12. The van der Waals surface area contributed by atoms with Crippen LogP contribution in [0, 0.1) is 18.3 Å². The first-order valence-electron chi connectivity index (χ1n) is 10.8. The van der Waals surface area contributed by atoms with Crippen LogP contribution in [0.4, 0.5) is 5.69 Å². The molecule has 5 rings (SSSR count). The van der Waals surface area contributed by atoms with Crippen molar-refractivity contribution in [2.75, 3.05) is 19.1 Å². The second kappa shape index (κ2) is 7.69. The summed E-state index contributed by atoms with van der Waals surface area (Å²) in [4.78, 5) is 42.6. The van der Waals surface area contributed by atoms with Crippen LogP contribution in [-0.2, 0) is 26.3 Å². The van der Waals surface area contributed by atoms with Crippen molar-refractivity contribution in [3.8, 4) is 5.75 Å². The van der Waals surface area contributed by atoms with Crippen LogP contribution >= 0.6 is 0 Å². The second-order valence-corrected chi connectivity index (χ2v) is 8.51. The number of methoxy groups -OCH3 is 1. The van der Waals surface area contributed by atoms with E-state index in [0.29, 0.717) is 16.9 Å². The molecule has 3 heterocycles. The summed E-state index contributed by atoms with van der Waals surface area (Å²) in [6, 6.07) is 18.1. The minimum absolute atomic E-state index is 0.0437. The van der Waals surface area contributed by atoms with Crippen LogP contribution < -0.4 is 15.2 Å². The number of pyridine rings is 1. The summed E-state index contributed by atoms with van der Waals surface area (Å²) in [6.45, 7) is 2.05. The Bertz CT molecular complexity index is 1410. The van der Waals surface area contributed by atoms with Gasteiger partial charge in [0.25, 0.3) is 5.56 Å². The molecule has 8 nitrogen and oxygen atoms in total. The van der Waals surface area contributed by atoms with Gasteiger partial charge in [0, 0.05) is 24.5 Å². The van der Waals surface area contributed by atoms with E-state index in [9.17, 15) is 14.4 Å². The number of para-hydroxylation sites is 1. The fourth-order valence-corrected chi connectivity index (χ4v) is 5.18. The molecule has 2 unspecified atom stereocenters. The van der Waals surface area contributed by atoms with Gasteiger partial charge in [0.15, 0.2) is 5.92 Å². The molecular weight excluding hydrogens is 434 g/mol. The molecule has 1 aromatic heterocycles. The normalized spacial score (nSPS) is 20.7. The van der Waals surface area contributed by atoms with Crippen molar-refractivity contribution in [2.45, 2.75) is 18.9 Å². The lowest BCUT2D eigenvalue weighted by atomic mass is 9.64. The number of aryl methyl sites for hydroxylation is 1. The zero-order valence-corrected chi connectivity index (χ0v) is 19.0. The molecule has 2 atom stereocenters. The minimum Gasteiger partial charge on any atom is -0.468 e. The van der Waals surface area contributed by atoms with E-state index in [2.05, 4.69) is 0 Å². The molecule has 0 radical (unpaired) electrons. The molecule has 3 aromatic rings. The van der Waals surface area contributed by atoms with E-state index >= 15 is 0 Å². The Labute approximate surface area is 195 Å². The van der Waals surface area contributed by atoms with Crippen molar-refractivity contribution in [1.82, 2.24) is 4.57 Å². The van der Waals surface area contributed by atoms with Crippen molar-refractivity contribution in [1.29, 1.82) is 5.41 Å². The van der Waals surface area contributed by atoms with Gasteiger partial charge in [-0.05, 0) is 24.1 Å². The van der Waals surface area contributed by atoms with Gasteiger partial charge in [-0.1, -0.05) is 48.5 Å². The summed E-state index contributed by atoms with van der Waals surface area (Å²) in [5.74, 6) is -3.06. The molecule has 1 N–H and O–H groups in total. The van der Waals surface area contributed by atoms with Crippen LogP contribution in [0.2, 0.25) is 0 Å². The predicted molar refractivity (Wildman–Crippen MR) is 125 cm³/mol. The van der Waals surface area contributed by atoms with E-state index in [0.717, 1.165) is 5.56 Å². The second-order valence-electron chi connectivity index (χ2n) is 8.51. The van der Waals surface area contributed by atoms with E-state index in [1.165, 1.54) is 12.0 Å². The number of hydrogen-bond donors (Lipinski definition) is 1. The highest BCUT2D eigenvalue weighted by atomic mass is 16.5. The zero-order chi connectivity index (χ0) is 24.2. The number of rotatable bonds is 3. The molecule has 1 amide bonds. The smallest absolute Gasteiger partial charge is 0.319 e. The van der Waals surface area contributed by atoms with Gasteiger partial charge in [0.2, 0.25) is 11.8 Å². The summed E-state index contributed by atoms with van der Waals surface area (Å²) in [5, 5.41) is 8.57. The number of esters is 1. The number of nitrogens with zero attached hydrogens (tertiary/aromatic N) is 2. The lowest BCUT2D eigenvalue weighted by Gasteiger charge is -2.39. The number of likely N-dealkylation sites (N-methyl/N-ethyl adjacent to an activating group) is 1. The van der Waals surface area contributed by atoms with Gasteiger partial charge in [0.1, 0.15) is 11.2 Å². The number of fused-ring (bicyclic) bond motifs is 4. The molecule has 0 bridgehead atoms. The minimum atomic E-state index is -1.77. The number of nitrogens with one attached hydrogen (secondary N) is 1. The van der Waals surface area contributed by atoms with Crippen molar-refractivity contribution in [3.05, 3.63) is 93.4 Å². The predicted octanol–water partition coefficient (Wildman–Crippen LogP) is 2.63. The maximum atomic E-state index is 14.1. The van der Waals surface area contributed by atoms with Gasteiger partial charge in [-0.15, -0.1) is 0 Å². The van der Waals surface area contributed by atoms with Crippen LogP contribution in [0.15, 0.2) is 65.5 Å². The fraction of sp³-hybridized carbons (Fsp3) is 0.231. The topological polar surface area (TPSA) is 102 Å². The third kappa shape index (κ3) is 2.78. The first kappa shape index (κ1) is 21.6. The van der Waals surface area contributed by atoms with Crippen LogP contribution in [0.5, 0.6) is 5.75 Å². The average Bonchev–Trinajstić information content (AvgIpc) is 3.04. The number of aromatic nitrogens is 1. The van der Waals surface area contributed by atoms with Crippen LogP contribution in [0.25, 0.3) is 0 Å². The molecule has 8 heteroatoms. The third-order valence-corrected chi connectivity index (χ3v) is 6.73. The Morgan fingerprint density at radius 1 is 1.12 bits per heavy atom. The summed E-state index contributed by atoms with van der Waals surface area (Å²) in [7, 11) is 2.79. The van der Waals surface area contributed by atoms with Gasteiger partial charge in [-0.2, -0.15) is 0 Å². The maximum Gasteiger partial charge on any atom is 0.319 e. The molecule has 0 saturated heterocycles. The lowest BCUT2D eigenvalue weighted by Crippen LogP contribution is -2.58. The summed E-state index contributed by atoms with van der Waals surface area (Å²) in [6.07, 6.45) is 0. The molecular formula is C26H23N3O5. The summed E-state index contributed by atoms with van der Waals surface area (Å²) < 4.78 is 12.3. The molecule has 34 heavy (non-hydrogen) atoms. The van der Waals surface area contributed by atoms with Crippen molar-refractivity contribution in [3.63, 3.8) is 0 Å². The van der Waals surface area contributed by atoms with Gasteiger partial charge < -0.3 is 18.9 Å². The van der Waals surface area contributed by atoms with E-state index in [4.69, 9.17) is 14.9 Å². The number of carbonyl (C=O) groups is 2. The Hall–Kier alpha value is -4.20. The van der Waals surface area contributed by atoms with E-state index in [1.807, 2.05) is 30.3 Å². The van der Waals surface area contributed by atoms with Gasteiger partial charge in [0.05, 0.1) is 19.2 Å². The number of amides is 1. The molecule has 2 aromatic carbocycles. The Morgan fingerprint density at radius 2 is 1.79 bits per heavy atom. The Kier molecular flexibility index (Phi) is 4.89. The van der Waals surface area contributed by atoms with Crippen molar-refractivity contribution < 1.29 is 19.1 Å². The highest BCUT2D eigenvalue weighted by Crippen LogP contribution is 2.54. The molecule has 0 fully saturated rings. The van der Waals surface area contributed by atoms with Crippen LogP contribution in [-0.4, -0.2) is 36.5 Å². The fourth-order valence-electron chi connectivity index (χ4n) is 5.18. The quantitative estimate of drug-likeness (QED) is 0.610. The number of hydrogen-bond acceptors (Lipinski definition) is 6. The van der Waals surface area contributed by atoms with Crippen LogP contribution in [0.1, 0.15) is 22.4 Å². The first-order chi connectivity index (χ1) is 16.3. The molecule has 0 aliphatic carbocycles. The molecule has 2 aliphatic heterocycles. The summed E-state index contributed by atoms with van der Waals surface area (Å²) in [5.41, 5.74) is 0.383. The Morgan fingerprint density at radius 3 is 2.50 bits per heavy atom. The standard InChI is InChI=1S/C26H23N3O5/c1-15-13-19-20(23(30)29(15)14-16-9-5-4-6-10-16)26(21(22(27)34-19)24(31)33-3)17-11-7-8-12-18(17)28(2)25(26)32/h4-13,21,27H,14H2,1-3H3. The maximum absolute atomic E-state index is 14.1. The number of benzene rings is 2. The number of carbonyl (C=O) groups excluding carboxylic acids is 2. The molecule has 2 aliphatic rings. The average molecular weight is 457 g/mol. The largest absolute Gasteiger partial charge is 0.468 e. The van der Waals surface area contributed by atoms with Gasteiger partial charge in [-0.3, -0.25) is 19.8 Å². The van der Waals surface area contributed by atoms with Crippen molar-refractivity contribution >= 4 is 23.5 Å². The summed E-state index contributed by atoms with van der Waals surface area (Å²) >= 11 is 0.